The molecule has 0 aliphatic carbocycles. The third-order valence-corrected chi connectivity index (χ3v) is 2.76. The Kier molecular flexibility index (Phi) is 5.28. The smallest absolute Gasteiger partial charge is 0.320 e. The first-order valence-corrected chi connectivity index (χ1v) is 6.44. The van der Waals surface area contributed by atoms with E-state index in [1.807, 2.05) is 20.8 Å². The Labute approximate surface area is 115 Å². The van der Waals surface area contributed by atoms with E-state index < -0.39 is 5.60 Å². The van der Waals surface area contributed by atoms with E-state index in [0.29, 0.717) is 11.0 Å². The van der Waals surface area contributed by atoms with E-state index in [2.05, 4.69) is 21.2 Å². The molecule has 0 spiro atoms. The van der Waals surface area contributed by atoms with E-state index >= 15 is 0 Å². The van der Waals surface area contributed by atoms with Crippen LogP contribution in [0.15, 0.2) is 22.7 Å². The van der Waals surface area contributed by atoms with Crippen LogP contribution in [0.2, 0.25) is 0 Å². The Balaban J connectivity index is 2.40. The minimum Gasteiger partial charge on any atom is -0.459 e. The molecule has 0 aliphatic rings. The van der Waals surface area contributed by atoms with Crippen LogP contribution in [0.25, 0.3) is 0 Å². The van der Waals surface area contributed by atoms with Crippen molar-refractivity contribution in [1.82, 2.24) is 5.32 Å². The van der Waals surface area contributed by atoms with Gasteiger partial charge in [0.1, 0.15) is 11.4 Å². The summed E-state index contributed by atoms with van der Waals surface area (Å²) in [6, 6.07) is 4.45. The monoisotopic (exact) mass is 317 g/mol. The van der Waals surface area contributed by atoms with Crippen LogP contribution in [-0.4, -0.2) is 18.1 Å². The number of hydrogen-bond donors (Lipinski definition) is 1. The summed E-state index contributed by atoms with van der Waals surface area (Å²) < 4.78 is 18.7. The molecule has 1 aromatic carbocycles. The predicted molar refractivity (Wildman–Crippen MR) is 71.7 cm³/mol. The summed E-state index contributed by atoms with van der Waals surface area (Å²) in [5, 5.41) is 2.96. The first kappa shape index (κ1) is 15.1. The molecule has 0 radical (unpaired) electrons. The predicted octanol–water partition coefficient (Wildman–Crippen LogP) is 3.02. The van der Waals surface area contributed by atoms with Crippen LogP contribution in [0.1, 0.15) is 26.3 Å². The van der Waals surface area contributed by atoms with Gasteiger partial charge in [-0.3, -0.25) is 4.79 Å². The van der Waals surface area contributed by atoms with Crippen LogP contribution in [0.5, 0.6) is 0 Å². The van der Waals surface area contributed by atoms with E-state index in [-0.39, 0.29) is 18.3 Å². The fourth-order valence-corrected chi connectivity index (χ4v) is 1.83. The summed E-state index contributed by atoms with van der Waals surface area (Å²) >= 11 is 3.27. The second-order valence-corrected chi connectivity index (χ2v) is 5.78. The summed E-state index contributed by atoms with van der Waals surface area (Å²) in [4.78, 5) is 11.4. The molecule has 0 saturated heterocycles. The molecule has 3 nitrogen and oxygen atoms in total. The van der Waals surface area contributed by atoms with Gasteiger partial charge in [-0.15, -0.1) is 0 Å². The van der Waals surface area contributed by atoms with Crippen molar-refractivity contribution in [3.05, 3.63) is 34.1 Å². The fourth-order valence-electron chi connectivity index (χ4n) is 1.34. The van der Waals surface area contributed by atoms with Crippen molar-refractivity contribution in [2.24, 2.45) is 0 Å². The van der Waals surface area contributed by atoms with Crippen molar-refractivity contribution in [3.63, 3.8) is 0 Å². The Morgan fingerprint density at radius 2 is 2.11 bits per heavy atom. The summed E-state index contributed by atoms with van der Waals surface area (Å²) in [6.45, 7) is 6.06. The molecule has 0 bridgehead atoms. The quantitative estimate of drug-likeness (QED) is 0.867. The molecule has 0 heterocycles. The third kappa shape index (κ3) is 5.60. The minimum atomic E-state index is -0.477. The summed E-state index contributed by atoms with van der Waals surface area (Å²) in [6.07, 6.45) is 0. The van der Waals surface area contributed by atoms with Gasteiger partial charge in [0.15, 0.2) is 0 Å². The molecule has 0 aromatic heterocycles. The lowest BCUT2D eigenvalue weighted by atomic mass is 10.2. The molecular weight excluding hydrogens is 301 g/mol. The zero-order chi connectivity index (χ0) is 13.8. The molecule has 18 heavy (non-hydrogen) atoms. The molecule has 0 fully saturated rings. The topological polar surface area (TPSA) is 38.3 Å². The Hall–Kier alpha value is -0.940. The molecule has 1 N–H and O–H groups in total. The lowest BCUT2D eigenvalue weighted by Crippen LogP contribution is -2.31. The molecular formula is C13H17BrFNO2. The maximum atomic E-state index is 12.9. The molecule has 0 unspecified atom stereocenters. The summed E-state index contributed by atoms with van der Waals surface area (Å²) in [5.74, 6) is -0.599. The minimum absolute atomic E-state index is 0.126. The van der Waals surface area contributed by atoms with Gasteiger partial charge in [-0.05, 0) is 38.5 Å². The molecule has 0 amide bonds. The largest absolute Gasteiger partial charge is 0.459 e. The average Bonchev–Trinajstić information content (AvgIpc) is 2.18. The van der Waals surface area contributed by atoms with Gasteiger partial charge < -0.3 is 10.1 Å². The zero-order valence-electron chi connectivity index (χ0n) is 10.7. The van der Waals surface area contributed by atoms with E-state index in [4.69, 9.17) is 4.74 Å². The number of esters is 1. The second kappa shape index (κ2) is 6.29. The number of carbonyl (C=O) groups excluding carboxylic acids is 1. The van der Waals surface area contributed by atoms with Crippen LogP contribution < -0.4 is 5.32 Å². The van der Waals surface area contributed by atoms with Gasteiger partial charge in [-0.1, -0.05) is 22.0 Å². The number of halogens is 2. The molecule has 1 rings (SSSR count). The maximum absolute atomic E-state index is 12.9. The average molecular weight is 318 g/mol. The number of ether oxygens (including phenoxy) is 1. The molecule has 0 atom stereocenters. The van der Waals surface area contributed by atoms with Crippen molar-refractivity contribution in [1.29, 1.82) is 0 Å². The van der Waals surface area contributed by atoms with Crippen LogP contribution in [-0.2, 0) is 16.1 Å². The lowest BCUT2D eigenvalue weighted by molar-refractivity contribution is -0.153. The fraction of sp³-hybridized carbons (Fsp3) is 0.462. The molecule has 0 aliphatic heterocycles. The Morgan fingerprint density at radius 3 is 2.67 bits per heavy atom. The number of hydrogen-bond acceptors (Lipinski definition) is 3. The third-order valence-electron chi connectivity index (χ3n) is 2.02. The highest BCUT2D eigenvalue weighted by molar-refractivity contribution is 9.10. The van der Waals surface area contributed by atoms with Gasteiger partial charge in [0.2, 0.25) is 0 Å². The van der Waals surface area contributed by atoms with Crippen molar-refractivity contribution in [3.8, 4) is 0 Å². The van der Waals surface area contributed by atoms with Crippen molar-refractivity contribution < 1.29 is 13.9 Å². The van der Waals surface area contributed by atoms with Crippen LogP contribution in [0, 0.1) is 5.82 Å². The molecule has 100 valence electrons. The van der Waals surface area contributed by atoms with Gasteiger partial charge >= 0.3 is 5.97 Å². The molecule has 0 saturated carbocycles. The Bertz CT molecular complexity index is 429. The zero-order valence-corrected chi connectivity index (χ0v) is 12.3. The van der Waals surface area contributed by atoms with Crippen molar-refractivity contribution in [2.75, 3.05) is 6.54 Å². The number of benzene rings is 1. The normalized spacial score (nSPS) is 11.4. The van der Waals surface area contributed by atoms with Crippen LogP contribution >= 0.6 is 15.9 Å². The maximum Gasteiger partial charge on any atom is 0.320 e. The van der Waals surface area contributed by atoms with Crippen LogP contribution in [0.3, 0.4) is 0 Å². The van der Waals surface area contributed by atoms with Gasteiger partial charge in [-0.25, -0.2) is 4.39 Å². The SMILES string of the molecule is CC(C)(C)OC(=O)CNCc1ccc(F)cc1Br. The highest BCUT2D eigenvalue weighted by Crippen LogP contribution is 2.17. The highest BCUT2D eigenvalue weighted by Gasteiger charge is 2.15. The summed E-state index contributed by atoms with van der Waals surface area (Å²) in [5.41, 5.74) is 0.412. The van der Waals surface area contributed by atoms with Crippen molar-refractivity contribution in [2.45, 2.75) is 32.9 Å². The van der Waals surface area contributed by atoms with E-state index in [1.54, 1.807) is 6.07 Å². The lowest BCUT2D eigenvalue weighted by Gasteiger charge is -2.19. The number of nitrogens with one attached hydrogen (secondary N) is 1. The van der Waals surface area contributed by atoms with Crippen LogP contribution in [0.4, 0.5) is 4.39 Å². The summed E-state index contributed by atoms with van der Waals surface area (Å²) in [7, 11) is 0. The van der Waals surface area contributed by atoms with E-state index in [9.17, 15) is 9.18 Å². The first-order chi connectivity index (χ1) is 8.28. The second-order valence-electron chi connectivity index (χ2n) is 4.93. The van der Waals surface area contributed by atoms with Gasteiger partial charge in [0.05, 0.1) is 6.54 Å². The number of rotatable bonds is 4. The Morgan fingerprint density at radius 1 is 1.44 bits per heavy atom. The van der Waals surface area contributed by atoms with Crippen molar-refractivity contribution >= 4 is 21.9 Å². The first-order valence-electron chi connectivity index (χ1n) is 5.64. The standard InChI is InChI=1S/C13H17BrFNO2/c1-13(2,3)18-12(17)8-16-7-9-4-5-10(15)6-11(9)14/h4-6,16H,7-8H2,1-3H3. The van der Waals surface area contributed by atoms with E-state index in [0.717, 1.165) is 5.56 Å². The highest BCUT2D eigenvalue weighted by atomic mass is 79.9. The molecule has 1 aromatic rings. The van der Waals surface area contributed by atoms with Gasteiger partial charge in [-0.2, -0.15) is 0 Å². The number of carbonyl (C=O) groups is 1. The van der Waals surface area contributed by atoms with Gasteiger partial charge in [0.25, 0.3) is 0 Å². The van der Waals surface area contributed by atoms with E-state index in [1.165, 1.54) is 12.1 Å². The van der Waals surface area contributed by atoms with Gasteiger partial charge in [0, 0.05) is 11.0 Å². The molecule has 5 heteroatoms.